The average Bonchev–Trinajstić information content (AvgIpc) is 2.56. The third-order valence-electron chi connectivity index (χ3n) is 3.42. The highest BCUT2D eigenvalue weighted by Gasteiger charge is 2.29. The Labute approximate surface area is 101 Å². The summed E-state index contributed by atoms with van der Waals surface area (Å²) in [6, 6.07) is 0. The minimum absolute atomic E-state index is 0.374. The van der Waals surface area contributed by atoms with Crippen LogP contribution in [0.4, 0.5) is 0 Å². The van der Waals surface area contributed by atoms with Crippen molar-refractivity contribution in [1.82, 2.24) is 15.0 Å². The van der Waals surface area contributed by atoms with Crippen molar-refractivity contribution >= 4 is 5.91 Å². The first-order chi connectivity index (χ1) is 8.09. The molecule has 1 aliphatic carbocycles. The summed E-state index contributed by atoms with van der Waals surface area (Å²) in [4.78, 5) is 11.3. The first-order valence-corrected chi connectivity index (χ1v) is 6.32. The Hall–Kier alpha value is -1.39. The molecule has 1 aromatic rings. The molecular weight excluding hydrogens is 216 g/mol. The van der Waals surface area contributed by atoms with Crippen LogP contribution >= 0.6 is 0 Å². The number of rotatable bonds is 5. The maximum Gasteiger partial charge on any atom is 0.271 e. The largest absolute Gasteiger partial charge is 0.364 e. The van der Waals surface area contributed by atoms with Crippen LogP contribution < -0.4 is 5.73 Å². The van der Waals surface area contributed by atoms with Gasteiger partial charge in [-0.3, -0.25) is 4.79 Å². The number of primary amides is 1. The van der Waals surface area contributed by atoms with E-state index in [4.69, 9.17) is 5.73 Å². The zero-order chi connectivity index (χ0) is 12.4. The summed E-state index contributed by atoms with van der Waals surface area (Å²) in [5, 5.41) is 8.01. The minimum atomic E-state index is -0.456. The molecule has 1 fully saturated rings. The third kappa shape index (κ3) is 2.48. The molecule has 0 unspecified atom stereocenters. The van der Waals surface area contributed by atoms with Crippen LogP contribution in [0.15, 0.2) is 0 Å². The summed E-state index contributed by atoms with van der Waals surface area (Å²) in [5.41, 5.74) is 6.68. The van der Waals surface area contributed by atoms with Crippen molar-refractivity contribution < 1.29 is 4.79 Å². The monoisotopic (exact) mass is 236 g/mol. The number of aromatic nitrogens is 3. The van der Waals surface area contributed by atoms with Gasteiger partial charge in [-0.1, -0.05) is 25.5 Å². The van der Waals surface area contributed by atoms with Gasteiger partial charge in [0.05, 0.1) is 5.69 Å². The molecule has 1 amide bonds. The van der Waals surface area contributed by atoms with E-state index in [0.717, 1.165) is 31.5 Å². The Balaban J connectivity index is 2.22. The molecule has 1 heterocycles. The van der Waals surface area contributed by atoms with Crippen molar-refractivity contribution in [2.75, 3.05) is 0 Å². The number of hydrogen-bond donors (Lipinski definition) is 1. The molecule has 5 nitrogen and oxygen atoms in total. The SMILES string of the molecule is CC(C)CCn1nnc(C(N)=O)c1C1CCC1. The standard InChI is InChI=1S/C12H20N4O/c1-8(2)6-7-16-11(9-4-3-5-9)10(12(13)17)14-15-16/h8-9H,3-7H2,1-2H3,(H2,13,17). The van der Waals surface area contributed by atoms with Gasteiger partial charge in [0, 0.05) is 12.5 Å². The minimum Gasteiger partial charge on any atom is -0.364 e. The van der Waals surface area contributed by atoms with Crippen LogP contribution in [-0.2, 0) is 6.54 Å². The molecular formula is C12H20N4O. The number of carbonyl (C=O) groups excluding carboxylic acids is 1. The van der Waals surface area contributed by atoms with Crippen molar-refractivity contribution in [1.29, 1.82) is 0 Å². The van der Waals surface area contributed by atoms with E-state index in [1.54, 1.807) is 0 Å². The molecule has 0 aromatic carbocycles. The molecule has 0 bridgehead atoms. The third-order valence-corrected chi connectivity index (χ3v) is 3.42. The van der Waals surface area contributed by atoms with Crippen LogP contribution in [0, 0.1) is 5.92 Å². The van der Waals surface area contributed by atoms with Crippen molar-refractivity contribution in [3.05, 3.63) is 11.4 Å². The molecule has 0 atom stereocenters. The maximum atomic E-state index is 11.3. The zero-order valence-electron chi connectivity index (χ0n) is 10.5. The fourth-order valence-electron chi connectivity index (χ4n) is 2.13. The second kappa shape index (κ2) is 4.85. The van der Waals surface area contributed by atoms with E-state index >= 15 is 0 Å². The fraction of sp³-hybridized carbons (Fsp3) is 0.750. The summed E-state index contributed by atoms with van der Waals surface area (Å²) in [6.07, 6.45) is 4.50. The van der Waals surface area contributed by atoms with Gasteiger partial charge in [-0.2, -0.15) is 0 Å². The topological polar surface area (TPSA) is 73.8 Å². The van der Waals surface area contributed by atoms with Crippen LogP contribution in [0.3, 0.4) is 0 Å². The van der Waals surface area contributed by atoms with Gasteiger partial charge >= 0.3 is 0 Å². The molecule has 1 saturated carbocycles. The predicted octanol–water partition coefficient (Wildman–Crippen LogP) is 1.69. The maximum absolute atomic E-state index is 11.3. The first kappa shape index (κ1) is 12.1. The summed E-state index contributed by atoms with van der Waals surface area (Å²) in [7, 11) is 0. The Bertz CT molecular complexity index is 407. The summed E-state index contributed by atoms with van der Waals surface area (Å²) in [6.45, 7) is 5.17. The van der Waals surface area contributed by atoms with Crippen LogP contribution in [-0.4, -0.2) is 20.9 Å². The second-order valence-electron chi connectivity index (χ2n) is 5.22. The van der Waals surface area contributed by atoms with E-state index in [1.165, 1.54) is 6.42 Å². The van der Waals surface area contributed by atoms with Crippen molar-refractivity contribution in [2.45, 2.75) is 52.0 Å². The lowest BCUT2D eigenvalue weighted by Gasteiger charge is -2.26. The van der Waals surface area contributed by atoms with E-state index in [0.29, 0.717) is 17.5 Å². The smallest absolute Gasteiger partial charge is 0.271 e. The second-order valence-corrected chi connectivity index (χ2v) is 5.22. The normalized spacial score (nSPS) is 16.2. The van der Waals surface area contributed by atoms with Crippen LogP contribution in [0.2, 0.25) is 0 Å². The van der Waals surface area contributed by atoms with Crippen LogP contribution in [0.25, 0.3) is 0 Å². The number of amides is 1. The lowest BCUT2D eigenvalue weighted by atomic mass is 9.82. The molecule has 2 rings (SSSR count). The first-order valence-electron chi connectivity index (χ1n) is 6.32. The van der Waals surface area contributed by atoms with E-state index < -0.39 is 5.91 Å². The molecule has 5 heteroatoms. The number of carbonyl (C=O) groups is 1. The summed E-state index contributed by atoms with van der Waals surface area (Å²) < 4.78 is 1.88. The van der Waals surface area contributed by atoms with E-state index in [9.17, 15) is 4.79 Å². The number of nitrogens with two attached hydrogens (primary N) is 1. The van der Waals surface area contributed by atoms with Crippen LogP contribution in [0.1, 0.15) is 61.6 Å². The van der Waals surface area contributed by atoms with E-state index in [1.807, 2.05) is 4.68 Å². The zero-order valence-corrected chi connectivity index (χ0v) is 10.5. The van der Waals surface area contributed by atoms with Gasteiger partial charge in [0.1, 0.15) is 0 Å². The Kier molecular flexibility index (Phi) is 3.45. The molecule has 17 heavy (non-hydrogen) atoms. The molecule has 0 radical (unpaired) electrons. The Morgan fingerprint density at radius 3 is 2.71 bits per heavy atom. The van der Waals surface area contributed by atoms with Gasteiger partial charge in [0.25, 0.3) is 5.91 Å². The molecule has 1 aromatic heterocycles. The summed E-state index contributed by atoms with van der Waals surface area (Å²) in [5.74, 6) is 0.591. The van der Waals surface area contributed by atoms with Gasteiger partial charge in [-0.15, -0.1) is 5.10 Å². The van der Waals surface area contributed by atoms with Gasteiger partial charge in [0.2, 0.25) is 0 Å². The Morgan fingerprint density at radius 2 is 2.24 bits per heavy atom. The molecule has 1 aliphatic rings. The molecule has 0 saturated heterocycles. The number of hydrogen-bond acceptors (Lipinski definition) is 3. The van der Waals surface area contributed by atoms with Crippen molar-refractivity contribution in [2.24, 2.45) is 11.7 Å². The highest BCUT2D eigenvalue weighted by atomic mass is 16.1. The molecule has 0 spiro atoms. The Morgan fingerprint density at radius 1 is 1.53 bits per heavy atom. The predicted molar refractivity (Wildman–Crippen MR) is 64.6 cm³/mol. The van der Waals surface area contributed by atoms with Crippen molar-refractivity contribution in [3.8, 4) is 0 Å². The summed E-state index contributed by atoms with van der Waals surface area (Å²) >= 11 is 0. The number of nitrogens with zero attached hydrogens (tertiary/aromatic N) is 3. The van der Waals surface area contributed by atoms with Crippen molar-refractivity contribution in [3.63, 3.8) is 0 Å². The molecule has 0 aliphatic heterocycles. The number of aryl methyl sites for hydroxylation is 1. The highest BCUT2D eigenvalue weighted by Crippen LogP contribution is 2.37. The lowest BCUT2D eigenvalue weighted by Crippen LogP contribution is -2.21. The lowest BCUT2D eigenvalue weighted by molar-refractivity contribution is 0.0993. The van der Waals surface area contributed by atoms with Crippen LogP contribution in [0.5, 0.6) is 0 Å². The van der Waals surface area contributed by atoms with Gasteiger partial charge in [0.15, 0.2) is 5.69 Å². The highest BCUT2D eigenvalue weighted by molar-refractivity contribution is 5.92. The molecule has 2 N–H and O–H groups in total. The quantitative estimate of drug-likeness (QED) is 0.845. The van der Waals surface area contributed by atoms with Gasteiger partial charge in [-0.05, 0) is 25.2 Å². The van der Waals surface area contributed by atoms with E-state index in [2.05, 4.69) is 24.2 Å². The van der Waals surface area contributed by atoms with Gasteiger partial charge < -0.3 is 5.73 Å². The van der Waals surface area contributed by atoms with E-state index in [-0.39, 0.29) is 0 Å². The molecule has 94 valence electrons. The average molecular weight is 236 g/mol. The fourth-order valence-corrected chi connectivity index (χ4v) is 2.13. The van der Waals surface area contributed by atoms with Gasteiger partial charge in [-0.25, -0.2) is 4.68 Å².